The zero-order chi connectivity index (χ0) is 13.0. The SMILES string of the molecule is NNc1ncc(Cl)c(N2CCCCC2CCO)n1. The maximum Gasteiger partial charge on any atom is 0.239 e. The molecule has 1 aromatic heterocycles. The number of aromatic nitrogens is 2. The van der Waals surface area contributed by atoms with Crippen molar-refractivity contribution < 1.29 is 5.11 Å². The fourth-order valence-electron chi connectivity index (χ4n) is 2.36. The summed E-state index contributed by atoms with van der Waals surface area (Å²) in [6, 6.07) is 0.279. The fourth-order valence-corrected chi connectivity index (χ4v) is 2.56. The molecule has 4 N–H and O–H groups in total. The summed E-state index contributed by atoms with van der Waals surface area (Å²) in [7, 11) is 0. The Bertz CT molecular complexity index is 401. The average Bonchev–Trinajstić information content (AvgIpc) is 2.41. The van der Waals surface area contributed by atoms with Crippen LogP contribution in [-0.4, -0.2) is 34.3 Å². The number of halogens is 1. The lowest BCUT2D eigenvalue weighted by Gasteiger charge is -2.36. The Kier molecular flexibility index (Phi) is 4.57. The molecule has 0 saturated carbocycles. The number of aliphatic hydroxyl groups excluding tert-OH is 1. The zero-order valence-corrected chi connectivity index (χ0v) is 10.9. The predicted molar refractivity (Wildman–Crippen MR) is 71.5 cm³/mol. The van der Waals surface area contributed by atoms with E-state index in [0.29, 0.717) is 16.8 Å². The van der Waals surface area contributed by atoms with Crippen LogP contribution in [0.1, 0.15) is 25.7 Å². The van der Waals surface area contributed by atoms with Crippen molar-refractivity contribution in [1.29, 1.82) is 0 Å². The summed E-state index contributed by atoms with van der Waals surface area (Å²) in [4.78, 5) is 10.4. The van der Waals surface area contributed by atoms with Gasteiger partial charge in [-0.3, -0.25) is 5.43 Å². The normalized spacial score (nSPS) is 19.9. The standard InChI is InChI=1S/C11H18ClN5O/c12-9-7-14-11(16-13)15-10(9)17-5-2-1-3-8(17)4-6-18/h7-8,18H,1-6,13H2,(H,14,15,16). The first-order valence-corrected chi connectivity index (χ1v) is 6.50. The number of nitrogens with two attached hydrogens (primary N) is 1. The van der Waals surface area contributed by atoms with Gasteiger partial charge in [-0.1, -0.05) is 11.6 Å². The molecular weight excluding hydrogens is 254 g/mol. The van der Waals surface area contributed by atoms with Gasteiger partial charge in [0.1, 0.15) is 5.02 Å². The van der Waals surface area contributed by atoms with Gasteiger partial charge in [-0.15, -0.1) is 0 Å². The lowest BCUT2D eigenvalue weighted by molar-refractivity contribution is 0.262. The fraction of sp³-hybridized carbons (Fsp3) is 0.636. The predicted octanol–water partition coefficient (Wildman–Crippen LogP) is 1.16. The second-order valence-corrected chi connectivity index (χ2v) is 4.77. The van der Waals surface area contributed by atoms with Gasteiger partial charge in [-0.25, -0.2) is 10.8 Å². The highest BCUT2D eigenvalue weighted by Gasteiger charge is 2.25. The van der Waals surface area contributed by atoms with Gasteiger partial charge < -0.3 is 10.0 Å². The van der Waals surface area contributed by atoms with E-state index in [-0.39, 0.29) is 12.6 Å². The Morgan fingerprint density at radius 2 is 2.39 bits per heavy atom. The summed E-state index contributed by atoms with van der Waals surface area (Å²) in [6.45, 7) is 1.07. The molecule has 0 aliphatic carbocycles. The summed E-state index contributed by atoms with van der Waals surface area (Å²) >= 11 is 6.15. The van der Waals surface area contributed by atoms with E-state index in [1.165, 1.54) is 6.42 Å². The van der Waals surface area contributed by atoms with Gasteiger partial charge in [0, 0.05) is 19.2 Å². The number of nitrogens with one attached hydrogen (secondary N) is 1. The molecule has 1 fully saturated rings. The van der Waals surface area contributed by atoms with Crippen LogP contribution in [-0.2, 0) is 0 Å². The Hall–Kier alpha value is -1.11. The van der Waals surface area contributed by atoms with Crippen molar-refractivity contribution >= 4 is 23.4 Å². The van der Waals surface area contributed by atoms with Gasteiger partial charge >= 0.3 is 0 Å². The van der Waals surface area contributed by atoms with E-state index in [2.05, 4.69) is 20.3 Å². The van der Waals surface area contributed by atoms with Gasteiger partial charge in [-0.05, 0) is 25.7 Å². The molecule has 1 saturated heterocycles. The van der Waals surface area contributed by atoms with E-state index in [1.807, 2.05) is 0 Å². The van der Waals surface area contributed by atoms with Crippen molar-refractivity contribution in [2.24, 2.45) is 5.84 Å². The number of piperidine rings is 1. The van der Waals surface area contributed by atoms with Gasteiger partial charge in [-0.2, -0.15) is 4.98 Å². The largest absolute Gasteiger partial charge is 0.396 e. The highest BCUT2D eigenvalue weighted by Crippen LogP contribution is 2.30. The van der Waals surface area contributed by atoms with Gasteiger partial charge in [0.2, 0.25) is 5.95 Å². The molecule has 0 amide bonds. The van der Waals surface area contributed by atoms with Crippen molar-refractivity contribution in [3.05, 3.63) is 11.2 Å². The zero-order valence-electron chi connectivity index (χ0n) is 10.1. The van der Waals surface area contributed by atoms with Gasteiger partial charge in [0.05, 0.1) is 6.20 Å². The molecule has 1 aliphatic rings. The van der Waals surface area contributed by atoms with Crippen molar-refractivity contribution in [1.82, 2.24) is 9.97 Å². The average molecular weight is 272 g/mol. The molecular formula is C11H18ClN5O. The summed E-state index contributed by atoms with van der Waals surface area (Å²) in [6.07, 6.45) is 5.60. The van der Waals surface area contributed by atoms with Crippen molar-refractivity contribution in [2.75, 3.05) is 23.5 Å². The molecule has 2 heterocycles. The number of hydrogen-bond acceptors (Lipinski definition) is 6. The summed E-state index contributed by atoms with van der Waals surface area (Å²) in [5.41, 5.74) is 2.42. The van der Waals surface area contributed by atoms with Crippen LogP contribution >= 0.6 is 11.6 Å². The van der Waals surface area contributed by atoms with Crippen LogP contribution in [0.2, 0.25) is 5.02 Å². The molecule has 18 heavy (non-hydrogen) atoms. The second-order valence-electron chi connectivity index (χ2n) is 4.36. The van der Waals surface area contributed by atoms with E-state index in [1.54, 1.807) is 6.20 Å². The van der Waals surface area contributed by atoms with E-state index in [9.17, 15) is 0 Å². The third-order valence-electron chi connectivity index (χ3n) is 3.22. The Morgan fingerprint density at radius 3 is 3.11 bits per heavy atom. The van der Waals surface area contributed by atoms with Crippen LogP contribution in [0.5, 0.6) is 0 Å². The molecule has 1 atom stereocenters. The van der Waals surface area contributed by atoms with Crippen LogP contribution in [0.15, 0.2) is 6.20 Å². The quantitative estimate of drug-likeness (QED) is 0.563. The lowest BCUT2D eigenvalue weighted by atomic mass is 10.00. The summed E-state index contributed by atoms with van der Waals surface area (Å²) in [5, 5.41) is 9.64. The van der Waals surface area contributed by atoms with Crippen molar-refractivity contribution in [3.63, 3.8) is 0 Å². The number of hydrazine groups is 1. The van der Waals surface area contributed by atoms with Crippen molar-refractivity contribution in [3.8, 4) is 0 Å². The minimum atomic E-state index is 0.172. The molecule has 1 unspecified atom stereocenters. The maximum atomic E-state index is 9.13. The topological polar surface area (TPSA) is 87.3 Å². The van der Waals surface area contributed by atoms with Crippen LogP contribution in [0.25, 0.3) is 0 Å². The first-order valence-electron chi connectivity index (χ1n) is 6.13. The number of nitrogens with zero attached hydrogens (tertiary/aromatic N) is 3. The minimum Gasteiger partial charge on any atom is -0.396 e. The molecule has 0 aromatic carbocycles. The first-order chi connectivity index (χ1) is 8.76. The van der Waals surface area contributed by atoms with E-state index in [4.69, 9.17) is 22.6 Å². The number of nitrogen functional groups attached to an aromatic ring is 1. The second kappa shape index (κ2) is 6.17. The van der Waals surface area contributed by atoms with E-state index in [0.717, 1.165) is 25.8 Å². The van der Waals surface area contributed by atoms with E-state index < -0.39 is 0 Å². The molecule has 100 valence electrons. The summed E-state index contributed by atoms with van der Waals surface area (Å²) in [5.74, 6) is 6.36. The summed E-state index contributed by atoms with van der Waals surface area (Å²) < 4.78 is 0. The number of rotatable bonds is 4. The minimum absolute atomic E-state index is 0.172. The van der Waals surface area contributed by atoms with Crippen molar-refractivity contribution in [2.45, 2.75) is 31.7 Å². The molecule has 7 heteroatoms. The monoisotopic (exact) mass is 271 g/mol. The lowest BCUT2D eigenvalue weighted by Crippen LogP contribution is -2.41. The molecule has 0 bridgehead atoms. The molecule has 1 aliphatic heterocycles. The van der Waals surface area contributed by atoms with Crippen LogP contribution in [0.3, 0.4) is 0 Å². The molecule has 2 rings (SSSR count). The molecule has 1 aromatic rings. The highest BCUT2D eigenvalue weighted by molar-refractivity contribution is 6.32. The van der Waals surface area contributed by atoms with Gasteiger partial charge in [0.25, 0.3) is 0 Å². The molecule has 0 radical (unpaired) electrons. The Balaban J connectivity index is 2.26. The number of aliphatic hydroxyl groups is 1. The van der Waals surface area contributed by atoms with Crippen LogP contribution in [0, 0.1) is 0 Å². The first kappa shape index (κ1) is 13.3. The number of anilines is 2. The number of hydrogen-bond donors (Lipinski definition) is 3. The molecule has 0 spiro atoms. The van der Waals surface area contributed by atoms with E-state index >= 15 is 0 Å². The third kappa shape index (κ3) is 2.82. The van der Waals surface area contributed by atoms with Crippen LogP contribution < -0.4 is 16.2 Å². The smallest absolute Gasteiger partial charge is 0.239 e. The third-order valence-corrected chi connectivity index (χ3v) is 3.48. The van der Waals surface area contributed by atoms with Gasteiger partial charge in [0.15, 0.2) is 5.82 Å². The Labute approximate surface area is 111 Å². The highest BCUT2D eigenvalue weighted by atomic mass is 35.5. The van der Waals surface area contributed by atoms with Crippen LogP contribution in [0.4, 0.5) is 11.8 Å². The maximum absolute atomic E-state index is 9.13. The molecule has 6 nitrogen and oxygen atoms in total. The Morgan fingerprint density at radius 1 is 1.56 bits per heavy atom.